The van der Waals surface area contributed by atoms with Crippen molar-refractivity contribution >= 4 is 11.4 Å². The van der Waals surface area contributed by atoms with Crippen molar-refractivity contribution in [1.29, 1.82) is 0 Å². The van der Waals surface area contributed by atoms with Crippen molar-refractivity contribution < 1.29 is 4.92 Å². The van der Waals surface area contributed by atoms with Gasteiger partial charge in [0.15, 0.2) is 0 Å². The molecular weight excluding hydrogens is 264 g/mol. The largest absolute Gasteiger partial charge is 0.375 e. The normalized spacial score (nSPS) is 14.0. The average Bonchev–Trinajstić information content (AvgIpc) is 3.29. The van der Waals surface area contributed by atoms with Crippen LogP contribution in [0, 0.1) is 17.0 Å². The summed E-state index contributed by atoms with van der Waals surface area (Å²) in [6.07, 6.45) is 2.50. The van der Waals surface area contributed by atoms with E-state index in [4.69, 9.17) is 0 Å². The molecule has 1 aliphatic carbocycles. The van der Waals surface area contributed by atoms with E-state index in [1.165, 1.54) is 24.0 Å². The van der Waals surface area contributed by atoms with Crippen LogP contribution in [0.4, 0.5) is 11.4 Å². The third-order valence-corrected chi connectivity index (χ3v) is 3.89. The molecule has 0 saturated heterocycles. The monoisotopic (exact) mass is 282 g/mol. The minimum Gasteiger partial charge on any atom is -0.375 e. The van der Waals surface area contributed by atoms with Crippen LogP contribution >= 0.6 is 0 Å². The second kappa shape index (κ2) is 5.56. The Labute approximate surface area is 124 Å². The van der Waals surface area contributed by atoms with Crippen molar-refractivity contribution in [1.82, 2.24) is 0 Å². The van der Waals surface area contributed by atoms with E-state index in [2.05, 4.69) is 23.5 Å². The molecule has 2 aromatic carbocycles. The Balaban J connectivity index is 1.82. The molecule has 0 aliphatic heterocycles. The first-order valence-corrected chi connectivity index (χ1v) is 7.22. The molecule has 1 N–H and O–H groups in total. The van der Waals surface area contributed by atoms with Gasteiger partial charge in [-0.1, -0.05) is 30.3 Å². The van der Waals surface area contributed by atoms with Gasteiger partial charge >= 0.3 is 0 Å². The van der Waals surface area contributed by atoms with Crippen LogP contribution < -0.4 is 5.32 Å². The van der Waals surface area contributed by atoms with Gasteiger partial charge in [-0.05, 0) is 48.4 Å². The van der Waals surface area contributed by atoms with E-state index in [0.29, 0.717) is 18.2 Å². The number of rotatable bonds is 5. The number of nitro groups is 1. The molecule has 0 radical (unpaired) electrons. The summed E-state index contributed by atoms with van der Waals surface area (Å²) in [4.78, 5) is 10.8. The number of nitrogens with one attached hydrogen (secondary N) is 1. The summed E-state index contributed by atoms with van der Waals surface area (Å²) in [5.41, 5.74) is 4.34. The second-order valence-electron chi connectivity index (χ2n) is 5.60. The fraction of sp³-hybridized carbons (Fsp3) is 0.294. The van der Waals surface area contributed by atoms with Crippen molar-refractivity contribution in [3.63, 3.8) is 0 Å². The minimum absolute atomic E-state index is 0.129. The third-order valence-electron chi connectivity index (χ3n) is 3.89. The SMILES string of the molecule is Cc1ccc([N+](=O)[O-])c(NCc2ccccc2C2CC2)c1. The highest BCUT2D eigenvalue weighted by Crippen LogP contribution is 2.41. The quantitative estimate of drug-likeness (QED) is 0.653. The molecule has 4 nitrogen and oxygen atoms in total. The molecule has 0 bridgehead atoms. The van der Waals surface area contributed by atoms with Gasteiger partial charge in [0.05, 0.1) is 4.92 Å². The Hall–Kier alpha value is -2.36. The van der Waals surface area contributed by atoms with Crippen molar-refractivity contribution in [2.24, 2.45) is 0 Å². The minimum atomic E-state index is -0.339. The van der Waals surface area contributed by atoms with Gasteiger partial charge in [0, 0.05) is 12.6 Å². The molecule has 4 heteroatoms. The van der Waals surface area contributed by atoms with E-state index >= 15 is 0 Å². The van der Waals surface area contributed by atoms with Gasteiger partial charge in [-0.25, -0.2) is 0 Å². The predicted molar refractivity (Wildman–Crippen MR) is 83.6 cm³/mol. The van der Waals surface area contributed by atoms with Gasteiger partial charge in [0.1, 0.15) is 5.69 Å². The molecule has 0 atom stereocenters. The molecule has 108 valence electrons. The zero-order chi connectivity index (χ0) is 14.8. The topological polar surface area (TPSA) is 55.2 Å². The highest BCUT2D eigenvalue weighted by molar-refractivity contribution is 5.63. The molecule has 21 heavy (non-hydrogen) atoms. The van der Waals surface area contributed by atoms with Crippen LogP contribution in [-0.4, -0.2) is 4.92 Å². The van der Waals surface area contributed by atoms with E-state index in [9.17, 15) is 10.1 Å². The van der Waals surface area contributed by atoms with Gasteiger partial charge in [-0.15, -0.1) is 0 Å². The molecule has 3 rings (SSSR count). The van der Waals surface area contributed by atoms with Crippen LogP contribution in [0.2, 0.25) is 0 Å². The summed E-state index contributed by atoms with van der Waals surface area (Å²) >= 11 is 0. The summed E-state index contributed by atoms with van der Waals surface area (Å²) in [7, 11) is 0. The highest BCUT2D eigenvalue weighted by Gasteiger charge is 2.25. The Bertz CT molecular complexity index is 678. The van der Waals surface area contributed by atoms with Gasteiger partial charge in [0.2, 0.25) is 0 Å². The van der Waals surface area contributed by atoms with Crippen LogP contribution in [0.25, 0.3) is 0 Å². The van der Waals surface area contributed by atoms with Gasteiger partial charge in [-0.3, -0.25) is 10.1 Å². The van der Waals surface area contributed by atoms with Crippen LogP contribution in [-0.2, 0) is 6.54 Å². The lowest BCUT2D eigenvalue weighted by atomic mass is 10.0. The smallest absolute Gasteiger partial charge is 0.292 e. The number of aryl methyl sites for hydroxylation is 1. The molecule has 1 fully saturated rings. The van der Waals surface area contributed by atoms with Gasteiger partial charge in [0.25, 0.3) is 5.69 Å². The predicted octanol–water partition coefficient (Wildman–Crippen LogP) is 4.39. The molecule has 1 saturated carbocycles. The highest BCUT2D eigenvalue weighted by atomic mass is 16.6. The maximum atomic E-state index is 11.1. The molecule has 2 aromatic rings. The summed E-state index contributed by atoms with van der Waals surface area (Å²) in [6, 6.07) is 13.5. The van der Waals surface area contributed by atoms with Gasteiger partial charge < -0.3 is 5.32 Å². The van der Waals surface area contributed by atoms with Crippen molar-refractivity contribution in [3.8, 4) is 0 Å². The zero-order valence-corrected chi connectivity index (χ0v) is 12.0. The summed E-state index contributed by atoms with van der Waals surface area (Å²) in [5, 5.41) is 14.3. The summed E-state index contributed by atoms with van der Waals surface area (Å²) in [5.74, 6) is 0.676. The van der Waals surface area contributed by atoms with E-state index in [-0.39, 0.29) is 10.6 Å². The summed E-state index contributed by atoms with van der Waals surface area (Å²) < 4.78 is 0. The van der Waals surface area contributed by atoms with E-state index < -0.39 is 0 Å². The summed E-state index contributed by atoms with van der Waals surface area (Å²) in [6.45, 7) is 2.56. The molecule has 0 aromatic heterocycles. The fourth-order valence-electron chi connectivity index (χ4n) is 2.63. The van der Waals surface area contributed by atoms with Crippen LogP contribution in [0.3, 0.4) is 0 Å². The fourth-order valence-corrected chi connectivity index (χ4v) is 2.63. The second-order valence-corrected chi connectivity index (χ2v) is 5.60. The molecule has 0 amide bonds. The van der Waals surface area contributed by atoms with E-state index in [1.54, 1.807) is 12.1 Å². The lowest BCUT2D eigenvalue weighted by Crippen LogP contribution is -2.05. The number of hydrogen-bond acceptors (Lipinski definition) is 3. The average molecular weight is 282 g/mol. The van der Waals surface area contributed by atoms with E-state index in [1.807, 2.05) is 19.1 Å². The Kier molecular flexibility index (Phi) is 3.60. The standard InChI is InChI=1S/C17H18N2O2/c1-12-6-9-17(19(20)21)16(10-12)18-11-14-4-2-3-5-15(14)13-7-8-13/h2-6,9-10,13,18H,7-8,11H2,1H3. The van der Waals surface area contributed by atoms with Crippen molar-refractivity contribution in [3.05, 3.63) is 69.3 Å². The van der Waals surface area contributed by atoms with Crippen molar-refractivity contribution in [2.45, 2.75) is 32.2 Å². The maximum Gasteiger partial charge on any atom is 0.292 e. The van der Waals surface area contributed by atoms with Crippen molar-refractivity contribution in [2.75, 3.05) is 5.32 Å². The Morgan fingerprint density at radius 3 is 2.71 bits per heavy atom. The number of hydrogen-bond donors (Lipinski definition) is 1. The number of nitrogens with zero attached hydrogens (tertiary/aromatic N) is 1. The van der Waals surface area contributed by atoms with E-state index in [0.717, 1.165) is 5.56 Å². The molecule has 0 heterocycles. The number of anilines is 1. The van der Waals surface area contributed by atoms with Gasteiger partial charge in [-0.2, -0.15) is 0 Å². The number of nitro benzene ring substituents is 1. The van der Waals surface area contributed by atoms with Crippen LogP contribution in [0.15, 0.2) is 42.5 Å². The first-order valence-electron chi connectivity index (χ1n) is 7.22. The molecule has 1 aliphatic rings. The maximum absolute atomic E-state index is 11.1. The van der Waals surface area contributed by atoms with Crippen LogP contribution in [0.5, 0.6) is 0 Å². The lowest BCUT2D eigenvalue weighted by molar-refractivity contribution is -0.384. The Morgan fingerprint density at radius 2 is 2.00 bits per heavy atom. The zero-order valence-electron chi connectivity index (χ0n) is 12.0. The lowest BCUT2D eigenvalue weighted by Gasteiger charge is -2.11. The van der Waals surface area contributed by atoms with Crippen LogP contribution in [0.1, 0.15) is 35.4 Å². The molecular formula is C17H18N2O2. The Morgan fingerprint density at radius 1 is 1.24 bits per heavy atom. The molecule has 0 unspecified atom stereocenters. The first-order chi connectivity index (χ1) is 10.1. The first kappa shape index (κ1) is 13.6. The molecule has 0 spiro atoms. The third kappa shape index (κ3) is 3.05. The number of benzene rings is 2.